The molecular weight excluding hydrogens is 338 g/mol. The average Bonchev–Trinajstić information content (AvgIpc) is 2.99. The SMILES string of the molecule is CC(=O)N1CCc2c(c(Nc3cccc(C)c3)nn2Cc2cccnc2)C1. The number of hydrogen-bond acceptors (Lipinski definition) is 4. The van der Waals surface area contributed by atoms with E-state index in [9.17, 15) is 4.79 Å². The monoisotopic (exact) mass is 361 g/mol. The molecule has 4 rings (SSSR count). The van der Waals surface area contributed by atoms with Gasteiger partial charge in [-0.15, -0.1) is 0 Å². The Bertz CT molecular complexity index is 964. The lowest BCUT2D eigenvalue weighted by atomic mass is 10.1. The molecule has 1 N–H and O–H groups in total. The van der Waals surface area contributed by atoms with Gasteiger partial charge in [0.2, 0.25) is 5.91 Å². The zero-order valence-electron chi connectivity index (χ0n) is 15.6. The lowest BCUT2D eigenvalue weighted by molar-refractivity contribution is -0.129. The summed E-state index contributed by atoms with van der Waals surface area (Å²) in [6.45, 7) is 5.68. The van der Waals surface area contributed by atoms with E-state index in [0.717, 1.165) is 35.6 Å². The molecule has 1 aliphatic heterocycles. The first-order valence-corrected chi connectivity index (χ1v) is 9.17. The molecule has 3 aromatic rings. The first-order valence-electron chi connectivity index (χ1n) is 9.17. The maximum Gasteiger partial charge on any atom is 0.219 e. The number of carbonyl (C=O) groups is 1. The average molecular weight is 361 g/mol. The summed E-state index contributed by atoms with van der Waals surface area (Å²) in [5, 5.41) is 8.30. The van der Waals surface area contributed by atoms with Crippen molar-refractivity contribution in [1.29, 1.82) is 0 Å². The van der Waals surface area contributed by atoms with Crippen LogP contribution in [0, 0.1) is 6.92 Å². The number of carbonyl (C=O) groups excluding carboxylic acids is 1. The minimum atomic E-state index is 0.0992. The Hall–Kier alpha value is -3.15. The molecule has 6 nitrogen and oxygen atoms in total. The van der Waals surface area contributed by atoms with Crippen LogP contribution in [0.25, 0.3) is 0 Å². The normalized spacial score (nSPS) is 13.3. The van der Waals surface area contributed by atoms with Crippen molar-refractivity contribution in [1.82, 2.24) is 19.7 Å². The number of aromatic nitrogens is 3. The summed E-state index contributed by atoms with van der Waals surface area (Å²) in [4.78, 5) is 18.0. The molecule has 0 bridgehead atoms. The van der Waals surface area contributed by atoms with Gasteiger partial charge in [0.15, 0.2) is 5.82 Å². The number of amides is 1. The van der Waals surface area contributed by atoms with Crippen LogP contribution in [0.5, 0.6) is 0 Å². The number of hydrogen-bond donors (Lipinski definition) is 1. The largest absolute Gasteiger partial charge is 0.338 e. The second-order valence-corrected chi connectivity index (χ2v) is 6.98. The molecule has 1 aliphatic rings. The molecule has 6 heteroatoms. The van der Waals surface area contributed by atoms with Crippen LogP contribution in [-0.4, -0.2) is 32.1 Å². The molecule has 138 valence electrons. The predicted octanol–water partition coefficient (Wildman–Crippen LogP) is 3.28. The first kappa shape index (κ1) is 17.3. The van der Waals surface area contributed by atoms with Crippen molar-refractivity contribution >= 4 is 17.4 Å². The van der Waals surface area contributed by atoms with Crippen LogP contribution in [0.1, 0.15) is 29.3 Å². The van der Waals surface area contributed by atoms with Crippen molar-refractivity contribution in [2.75, 3.05) is 11.9 Å². The van der Waals surface area contributed by atoms with Crippen molar-refractivity contribution in [3.05, 3.63) is 71.2 Å². The van der Waals surface area contributed by atoms with Crippen LogP contribution in [-0.2, 0) is 24.3 Å². The van der Waals surface area contributed by atoms with Gasteiger partial charge in [0, 0.05) is 49.2 Å². The van der Waals surface area contributed by atoms with E-state index in [1.54, 1.807) is 13.1 Å². The number of rotatable bonds is 4. The van der Waals surface area contributed by atoms with E-state index in [4.69, 9.17) is 5.10 Å². The fraction of sp³-hybridized carbons (Fsp3) is 0.286. The molecule has 2 aromatic heterocycles. The fourth-order valence-electron chi connectivity index (χ4n) is 3.51. The summed E-state index contributed by atoms with van der Waals surface area (Å²) in [6.07, 6.45) is 4.45. The van der Waals surface area contributed by atoms with Crippen molar-refractivity contribution in [2.45, 2.75) is 33.4 Å². The van der Waals surface area contributed by atoms with E-state index in [-0.39, 0.29) is 5.91 Å². The van der Waals surface area contributed by atoms with Gasteiger partial charge in [-0.1, -0.05) is 18.2 Å². The van der Waals surface area contributed by atoms with Crippen LogP contribution in [0.15, 0.2) is 48.8 Å². The zero-order chi connectivity index (χ0) is 18.8. The maximum absolute atomic E-state index is 11.9. The van der Waals surface area contributed by atoms with E-state index in [1.165, 1.54) is 11.3 Å². The van der Waals surface area contributed by atoms with Crippen molar-refractivity contribution in [3.8, 4) is 0 Å². The molecule has 3 heterocycles. The standard InChI is InChI=1S/C21H23N5O/c1-15-5-3-7-18(11-15)23-21-19-14-25(16(2)27)10-8-20(19)26(24-21)13-17-6-4-9-22-12-17/h3-7,9,11-12H,8,10,13-14H2,1-2H3,(H,23,24). The van der Waals surface area contributed by atoms with Crippen molar-refractivity contribution < 1.29 is 4.79 Å². The van der Waals surface area contributed by atoms with Crippen molar-refractivity contribution in [2.24, 2.45) is 0 Å². The van der Waals surface area contributed by atoms with E-state index in [2.05, 4.69) is 35.4 Å². The molecule has 0 aliphatic carbocycles. The summed E-state index contributed by atoms with van der Waals surface area (Å²) in [6, 6.07) is 12.2. The van der Waals surface area contributed by atoms with Gasteiger partial charge in [0.05, 0.1) is 13.1 Å². The predicted molar refractivity (Wildman–Crippen MR) is 105 cm³/mol. The van der Waals surface area contributed by atoms with Gasteiger partial charge in [-0.05, 0) is 36.2 Å². The Morgan fingerprint density at radius 2 is 2.15 bits per heavy atom. The molecule has 0 saturated carbocycles. The highest BCUT2D eigenvalue weighted by Gasteiger charge is 2.26. The first-order chi connectivity index (χ1) is 13.1. The van der Waals surface area contributed by atoms with E-state index in [1.807, 2.05) is 34.0 Å². The molecule has 1 aromatic carbocycles. The van der Waals surface area contributed by atoms with Gasteiger partial charge in [-0.2, -0.15) is 5.10 Å². The second kappa shape index (κ2) is 7.23. The summed E-state index contributed by atoms with van der Waals surface area (Å²) in [5.41, 5.74) is 5.59. The van der Waals surface area contributed by atoms with Crippen molar-refractivity contribution in [3.63, 3.8) is 0 Å². The molecular formula is C21H23N5O. The number of anilines is 2. The highest BCUT2D eigenvalue weighted by molar-refractivity contribution is 5.74. The number of benzene rings is 1. The van der Waals surface area contributed by atoms with Crippen LogP contribution >= 0.6 is 0 Å². The summed E-state index contributed by atoms with van der Waals surface area (Å²) in [5.74, 6) is 0.924. The molecule has 0 saturated heterocycles. The molecule has 0 spiro atoms. The van der Waals surface area contributed by atoms with Crippen LogP contribution in [0.2, 0.25) is 0 Å². The van der Waals surface area contributed by atoms with Gasteiger partial charge < -0.3 is 10.2 Å². The number of pyridine rings is 1. The Morgan fingerprint density at radius 3 is 2.89 bits per heavy atom. The van der Waals surface area contributed by atoms with Crippen LogP contribution in [0.4, 0.5) is 11.5 Å². The number of aryl methyl sites for hydroxylation is 1. The minimum absolute atomic E-state index is 0.0992. The lowest BCUT2D eigenvalue weighted by Gasteiger charge is -2.26. The molecule has 27 heavy (non-hydrogen) atoms. The van der Waals surface area contributed by atoms with Crippen LogP contribution < -0.4 is 5.32 Å². The Morgan fingerprint density at radius 1 is 1.26 bits per heavy atom. The smallest absolute Gasteiger partial charge is 0.219 e. The lowest BCUT2D eigenvalue weighted by Crippen LogP contribution is -2.34. The quantitative estimate of drug-likeness (QED) is 0.775. The summed E-state index contributed by atoms with van der Waals surface area (Å²) >= 11 is 0. The van der Waals surface area contributed by atoms with Gasteiger partial charge >= 0.3 is 0 Å². The number of nitrogens with zero attached hydrogens (tertiary/aromatic N) is 4. The third kappa shape index (κ3) is 3.69. The third-order valence-electron chi connectivity index (χ3n) is 4.92. The summed E-state index contributed by atoms with van der Waals surface area (Å²) in [7, 11) is 0. The van der Waals surface area contributed by atoms with Gasteiger partial charge in [0.25, 0.3) is 0 Å². The Labute approximate surface area is 158 Å². The Kier molecular flexibility index (Phi) is 4.62. The van der Waals surface area contributed by atoms with Gasteiger partial charge in [-0.3, -0.25) is 14.5 Å². The van der Waals surface area contributed by atoms with E-state index < -0.39 is 0 Å². The van der Waals surface area contributed by atoms with E-state index in [0.29, 0.717) is 13.1 Å². The molecule has 0 atom stereocenters. The Balaban J connectivity index is 1.70. The summed E-state index contributed by atoms with van der Waals surface area (Å²) < 4.78 is 2.04. The zero-order valence-corrected chi connectivity index (χ0v) is 15.6. The number of nitrogens with one attached hydrogen (secondary N) is 1. The minimum Gasteiger partial charge on any atom is -0.338 e. The second-order valence-electron chi connectivity index (χ2n) is 6.98. The third-order valence-corrected chi connectivity index (χ3v) is 4.92. The molecule has 1 amide bonds. The maximum atomic E-state index is 11.9. The van der Waals surface area contributed by atoms with E-state index >= 15 is 0 Å². The molecule has 0 unspecified atom stereocenters. The number of fused-ring (bicyclic) bond motifs is 1. The van der Waals surface area contributed by atoms with Gasteiger partial charge in [-0.25, -0.2) is 0 Å². The highest BCUT2D eigenvalue weighted by atomic mass is 16.2. The van der Waals surface area contributed by atoms with Gasteiger partial charge in [0.1, 0.15) is 0 Å². The van der Waals surface area contributed by atoms with Crippen LogP contribution in [0.3, 0.4) is 0 Å². The fourth-order valence-corrected chi connectivity index (χ4v) is 3.51. The topological polar surface area (TPSA) is 63.1 Å². The molecule has 0 fully saturated rings. The highest BCUT2D eigenvalue weighted by Crippen LogP contribution is 2.29. The molecule has 0 radical (unpaired) electrons.